The van der Waals surface area contributed by atoms with Crippen LogP contribution in [-0.2, 0) is 0 Å². The summed E-state index contributed by atoms with van der Waals surface area (Å²) in [4.78, 5) is 22.6. The van der Waals surface area contributed by atoms with Gasteiger partial charge in [0.15, 0.2) is 5.82 Å². The number of aryl methyl sites for hydroxylation is 1. The van der Waals surface area contributed by atoms with Crippen LogP contribution in [0.2, 0.25) is 0 Å². The molecule has 2 aromatic rings. The zero-order valence-electron chi connectivity index (χ0n) is 12.7. The maximum absolute atomic E-state index is 12.4. The van der Waals surface area contributed by atoms with Gasteiger partial charge in [0.1, 0.15) is 0 Å². The Hall–Kier alpha value is -2.44. The summed E-state index contributed by atoms with van der Waals surface area (Å²) < 4.78 is 10.2. The summed E-state index contributed by atoms with van der Waals surface area (Å²) in [6.45, 7) is 3.16. The average Bonchev–Trinajstić information content (AvgIpc) is 3.01. The minimum absolute atomic E-state index is 0.00434. The first-order chi connectivity index (χ1) is 10.7. The summed E-state index contributed by atoms with van der Waals surface area (Å²) in [6.07, 6.45) is 3.21. The van der Waals surface area contributed by atoms with E-state index in [4.69, 9.17) is 9.26 Å². The van der Waals surface area contributed by atoms with Crippen LogP contribution in [0.25, 0.3) is 0 Å². The van der Waals surface area contributed by atoms with Crippen molar-refractivity contribution >= 4 is 5.91 Å². The number of amides is 1. The van der Waals surface area contributed by atoms with Crippen molar-refractivity contribution in [1.82, 2.24) is 20.0 Å². The van der Waals surface area contributed by atoms with Crippen LogP contribution in [0.4, 0.5) is 0 Å². The largest absolute Gasteiger partial charge is 0.481 e. The summed E-state index contributed by atoms with van der Waals surface area (Å²) in [7, 11) is 1.55. The van der Waals surface area contributed by atoms with Crippen LogP contribution in [0.3, 0.4) is 0 Å². The van der Waals surface area contributed by atoms with Gasteiger partial charge in [-0.25, -0.2) is 4.98 Å². The highest BCUT2D eigenvalue weighted by molar-refractivity contribution is 5.94. The third-order valence-corrected chi connectivity index (χ3v) is 3.87. The van der Waals surface area contributed by atoms with Gasteiger partial charge >= 0.3 is 0 Å². The van der Waals surface area contributed by atoms with Crippen molar-refractivity contribution in [3.8, 4) is 5.88 Å². The molecule has 22 heavy (non-hydrogen) atoms. The number of carbonyl (C=O) groups is 1. The molecule has 0 aliphatic carbocycles. The molecule has 116 valence electrons. The number of methoxy groups -OCH3 is 1. The number of piperidine rings is 1. The number of rotatable bonds is 3. The molecule has 0 spiro atoms. The minimum atomic E-state index is -0.00434. The molecule has 0 atom stereocenters. The molecule has 1 amide bonds. The summed E-state index contributed by atoms with van der Waals surface area (Å²) >= 11 is 0. The van der Waals surface area contributed by atoms with E-state index < -0.39 is 0 Å². The summed E-state index contributed by atoms with van der Waals surface area (Å²) in [5, 5.41) is 3.82. The van der Waals surface area contributed by atoms with E-state index in [1.54, 1.807) is 25.4 Å². The maximum Gasteiger partial charge on any atom is 0.255 e. The van der Waals surface area contributed by atoms with Gasteiger partial charge in [-0.2, -0.15) is 4.98 Å². The SMILES string of the molecule is COc1ccc(C(=O)N2CCC(c3nc(C)no3)CC2)cn1. The van der Waals surface area contributed by atoms with Gasteiger partial charge in [0, 0.05) is 31.3 Å². The molecular weight excluding hydrogens is 284 g/mol. The molecule has 0 unspecified atom stereocenters. The van der Waals surface area contributed by atoms with Crippen LogP contribution in [-0.4, -0.2) is 46.1 Å². The zero-order valence-corrected chi connectivity index (χ0v) is 12.7. The fourth-order valence-corrected chi connectivity index (χ4v) is 2.62. The number of hydrogen-bond acceptors (Lipinski definition) is 6. The first kappa shape index (κ1) is 14.5. The molecule has 3 heterocycles. The lowest BCUT2D eigenvalue weighted by molar-refractivity contribution is 0.0704. The Kier molecular flexibility index (Phi) is 4.04. The lowest BCUT2D eigenvalue weighted by atomic mass is 9.96. The van der Waals surface area contributed by atoms with Gasteiger partial charge < -0.3 is 14.2 Å². The second-order valence-corrected chi connectivity index (χ2v) is 5.34. The van der Waals surface area contributed by atoms with Crippen LogP contribution >= 0.6 is 0 Å². The van der Waals surface area contributed by atoms with Gasteiger partial charge in [0.05, 0.1) is 12.7 Å². The zero-order chi connectivity index (χ0) is 15.5. The molecule has 1 aliphatic rings. The third kappa shape index (κ3) is 2.93. The van der Waals surface area contributed by atoms with Crippen LogP contribution in [0.15, 0.2) is 22.9 Å². The van der Waals surface area contributed by atoms with Crippen LogP contribution in [0.5, 0.6) is 5.88 Å². The molecule has 0 bridgehead atoms. The molecule has 2 aromatic heterocycles. The van der Waals surface area contributed by atoms with Crippen LogP contribution in [0, 0.1) is 6.92 Å². The predicted molar refractivity (Wildman–Crippen MR) is 77.7 cm³/mol. The van der Waals surface area contributed by atoms with Gasteiger partial charge in [-0.05, 0) is 25.8 Å². The first-order valence-corrected chi connectivity index (χ1v) is 7.27. The lowest BCUT2D eigenvalue weighted by Gasteiger charge is -2.30. The fraction of sp³-hybridized carbons (Fsp3) is 0.467. The highest BCUT2D eigenvalue weighted by Gasteiger charge is 2.27. The number of ether oxygens (including phenoxy) is 1. The molecule has 1 saturated heterocycles. The molecule has 0 N–H and O–H groups in total. The van der Waals surface area contributed by atoms with E-state index in [1.807, 2.05) is 11.8 Å². The topological polar surface area (TPSA) is 81.4 Å². The van der Waals surface area contributed by atoms with Gasteiger partial charge in [-0.3, -0.25) is 4.79 Å². The Bertz CT molecular complexity index is 645. The van der Waals surface area contributed by atoms with Crippen molar-refractivity contribution in [2.24, 2.45) is 0 Å². The molecule has 7 nitrogen and oxygen atoms in total. The number of aromatic nitrogens is 3. The molecule has 0 saturated carbocycles. The molecule has 3 rings (SSSR count). The molecular formula is C15H18N4O3. The highest BCUT2D eigenvalue weighted by Crippen LogP contribution is 2.27. The highest BCUT2D eigenvalue weighted by atomic mass is 16.5. The average molecular weight is 302 g/mol. The van der Waals surface area contributed by atoms with Crippen LogP contribution in [0.1, 0.15) is 40.8 Å². The standard InChI is InChI=1S/C15H18N4O3/c1-10-17-14(22-18-10)11-5-7-19(8-6-11)15(20)12-3-4-13(21-2)16-9-12/h3-4,9,11H,5-8H2,1-2H3. The Labute approximate surface area is 128 Å². The second-order valence-electron chi connectivity index (χ2n) is 5.34. The van der Waals surface area contributed by atoms with E-state index in [1.165, 1.54) is 0 Å². The van der Waals surface area contributed by atoms with Gasteiger partial charge in [-0.1, -0.05) is 5.16 Å². The number of carbonyl (C=O) groups excluding carboxylic acids is 1. The molecule has 0 aromatic carbocycles. The first-order valence-electron chi connectivity index (χ1n) is 7.27. The predicted octanol–water partition coefficient (Wildman–Crippen LogP) is 1.80. The number of hydrogen-bond donors (Lipinski definition) is 0. The second kappa shape index (κ2) is 6.13. The van der Waals surface area contributed by atoms with Gasteiger partial charge in [-0.15, -0.1) is 0 Å². The van der Waals surface area contributed by atoms with Crippen molar-refractivity contribution in [3.05, 3.63) is 35.6 Å². The van der Waals surface area contributed by atoms with E-state index >= 15 is 0 Å². The number of likely N-dealkylation sites (tertiary alicyclic amines) is 1. The van der Waals surface area contributed by atoms with Crippen molar-refractivity contribution in [2.75, 3.05) is 20.2 Å². The lowest BCUT2D eigenvalue weighted by Crippen LogP contribution is -2.38. The quantitative estimate of drug-likeness (QED) is 0.860. The van der Waals surface area contributed by atoms with Gasteiger partial charge in [0.2, 0.25) is 11.8 Å². The third-order valence-electron chi connectivity index (χ3n) is 3.87. The fourth-order valence-electron chi connectivity index (χ4n) is 2.62. The van der Waals surface area contributed by atoms with Crippen molar-refractivity contribution < 1.29 is 14.1 Å². The Balaban J connectivity index is 1.61. The number of nitrogens with zero attached hydrogens (tertiary/aromatic N) is 4. The Morgan fingerprint density at radius 1 is 1.36 bits per heavy atom. The van der Waals surface area contributed by atoms with E-state index in [0.717, 1.165) is 12.8 Å². The smallest absolute Gasteiger partial charge is 0.255 e. The van der Waals surface area contributed by atoms with Crippen molar-refractivity contribution in [3.63, 3.8) is 0 Å². The Morgan fingerprint density at radius 3 is 2.68 bits per heavy atom. The van der Waals surface area contributed by atoms with Crippen molar-refractivity contribution in [1.29, 1.82) is 0 Å². The summed E-state index contributed by atoms with van der Waals surface area (Å²) in [5.74, 6) is 2.06. The van der Waals surface area contributed by atoms with E-state index in [-0.39, 0.29) is 11.8 Å². The van der Waals surface area contributed by atoms with E-state index in [2.05, 4.69) is 15.1 Å². The molecule has 7 heteroatoms. The van der Waals surface area contributed by atoms with Crippen molar-refractivity contribution in [2.45, 2.75) is 25.7 Å². The van der Waals surface area contributed by atoms with E-state index in [9.17, 15) is 4.79 Å². The summed E-state index contributed by atoms with van der Waals surface area (Å²) in [6, 6.07) is 3.43. The van der Waals surface area contributed by atoms with E-state index in [0.29, 0.717) is 36.2 Å². The number of pyridine rings is 1. The van der Waals surface area contributed by atoms with Crippen LogP contribution < -0.4 is 4.74 Å². The normalized spacial score (nSPS) is 15.8. The maximum atomic E-state index is 12.4. The summed E-state index contributed by atoms with van der Waals surface area (Å²) in [5.41, 5.74) is 0.577. The molecule has 1 fully saturated rings. The van der Waals surface area contributed by atoms with Gasteiger partial charge in [0.25, 0.3) is 5.91 Å². The molecule has 1 aliphatic heterocycles. The Morgan fingerprint density at radius 2 is 2.14 bits per heavy atom. The molecule has 0 radical (unpaired) electrons. The monoisotopic (exact) mass is 302 g/mol. The minimum Gasteiger partial charge on any atom is -0.481 e.